The lowest BCUT2D eigenvalue weighted by atomic mass is 9.76. The molecule has 0 radical (unpaired) electrons. The molecule has 0 saturated carbocycles. The van der Waals surface area contributed by atoms with Crippen LogP contribution in [0.1, 0.15) is 6.92 Å². The fraction of sp³-hybridized carbons (Fsp3) is 0.850. The summed E-state index contributed by atoms with van der Waals surface area (Å²) in [6.07, 6.45) is -26.2. The molecular formula is C20H5F33O2. The highest BCUT2D eigenvalue weighted by atomic mass is 19.4. The molecule has 0 bridgehead atoms. The molecule has 0 N–H and O–H groups in total. The Hall–Kier alpha value is -3.10. The van der Waals surface area contributed by atoms with Crippen LogP contribution in [0.25, 0.3) is 0 Å². The molecule has 55 heavy (non-hydrogen) atoms. The van der Waals surface area contributed by atoms with Crippen molar-refractivity contribution < 1.29 is 154 Å². The minimum Gasteiger partial charge on any atom is -0.395 e. The minimum atomic E-state index is -10.6. The lowest BCUT2D eigenvalue weighted by Crippen LogP contribution is -2.83. The largest absolute Gasteiger partial charge is 0.460 e. The van der Waals surface area contributed by atoms with Gasteiger partial charge in [0.15, 0.2) is 0 Å². The third kappa shape index (κ3) is 6.13. The molecule has 0 fully saturated rings. The van der Waals surface area contributed by atoms with E-state index in [1.54, 1.807) is 4.74 Å². The van der Waals surface area contributed by atoms with Crippen LogP contribution >= 0.6 is 0 Å². The SMILES string of the molecule is C=C(C)C(=O)OC(F)(F)C(F)(C(F)(F)C(F)(F)C(F)(F)C(F)(F)C(F)(F)C(F)(F)F)C(F)(F)C(F)(F)C(F)(F)C(F)(F)C(F)(F)C(F)(F)C(F)(F)C(F)(F)F. The van der Waals surface area contributed by atoms with E-state index >= 15 is 4.39 Å². The van der Waals surface area contributed by atoms with E-state index in [-0.39, 0.29) is 6.92 Å². The lowest BCUT2D eigenvalue weighted by molar-refractivity contribution is -0.503. The van der Waals surface area contributed by atoms with Gasteiger partial charge in [-0.3, -0.25) is 0 Å². The zero-order valence-electron chi connectivity index (χ0n) is 24.0. The van der Waals surface area contributed by atoms with E-state index in [9.17, 15) is 145 Å². The molecule has 0 amide bonds. The second-order valence-corrected chi connectivity index (χ2v) is 10.2. The van der Waals surface area contributed by atoms with Crippen LogP contribution in [0.4, 0.5) is 145 Å². The highest BCUT2D eigenvalue weighted by Crippen LogP contribution is 2.71. The van der Waals surface area contributed by atoms with Gasteiger partial charge in [0.05, 0.1) is 0 Å². The summed E-state index contributed by atoms with van der Waals surface area (Å²) in [7, 11) is 0. The maximum absolute atomic E-state index is 15.3. The molecule has 0 aromatic heterocycles. The third-order valence-corrected chi connectivity index (χ3v) is 6.49. The van der Waals surface area contributed by atoms with Crippen molar-refractivity contribution in [2.45, 2.75) is 102 Å². The quantitative estimate of drug-likeness (QED) is 0.0930. The first-order valence-electron chi connectivity index (χ1n) is 11.7. The van der Waals surface area contributed by atoms with E-state index in [0.717, 1.165) is 0 Å². The summed E-state index contributed by atoms with van der Waals surface area (Å²) in [4.78, 5) is 11.2. The fourth-order valence-electron chi connectivity index (χ4n) is 3.20. The molecular weight excluding hydrogens is 899 g/mol. The maximum Gasteiger partial charge on any atom is 0.460 e. The number of hydrogen-bond donors (Lipinski definition) is 0. The van der Waals surface area contributed by atoms with Gasteiger partial charge >= 0.3 is 101 Å². The molecule has 0 aliphatic heterocycles. The maximum atomic E-state index is 15.3. The van der Waals surface area contributed by atoms with Crippen LogP contribution in [0.3, 0.4) is 0 Å². The van der Waals surface area contributed by atoms with Crippen LogP contribution in [-0.2, 0) is 9.53 Å². The highest BCUT2D eigenvalue weighted by Gasteiger charge is 3.04. The van der Waals surface area contributed by atoms with Crippen molar-refractivity contribution in [1.29, 1.82) is 0 Å². The molecule has 1 unspecified atom stereocenters. The van der Waals surface area contributed by atoms with Gasteiger partial charge in [-0.1, -0.05) is 6.58 Å². The summed E-state index contributed by atoms with van der Waals surface area (Å²) in [6, 6.07) is 0. The van der Waals surface area contributed by atoms with Crippen molar-refractivity contribution in [2.75, 3.05) is 0 Å². The first-order chi connectivity index (χ1) is 23.1. The number of ether oxygens (including phenoxy) is 1. The highest BCUT2D eigenvalue weighted by molar-refractivity contribution is 5.87. The average Bonchev–Trinajstić information content (AvgIpc) is 2.93. The van der Waals surface area contributed by atoms with E-state index < -0.39 is 107 Å². The molecule has 35 heteroatoms. The first-order valence-corrected chi connectivity index (χ1v) is 11.7. The predicted molar refractivity (Wildman–Crippen MR) is 101 cm³/mol. The van der Waals surface area contributed by atoms with Crippen LogP contribution in [0.15, 0.2) is 12.2 Å². The Morgan fingerprint density at radius 1 is 0.327 bits per heavy atom. The second kappa shape index (κ2) is 12.7. The fourth-order valence-corrected chi connectivity index (χ4v) is 3.20. The van der Waals surface area contributed by atoms with E-state index in [1.807, 2.05) is 6.58 Å². The van der Waals surface area contributed by atoms with Gasteiger partial charge in [0.25, 0.3) is 0 Å². The van der Waals surface area contributed by atoms with Crippen molar-refractivity contribution in [2.24, 2.45) is 0 Å². The topological polar surface area (TPSA) is 26.3 Å². The minimum absolute atomic E-state index is 0.278. The van der Waals surface area contributed by atoms with Crippen molar-refractivity contribution in [1.82, 2.24) is 0 Å². The molecule has 0 spiro atoms. The van der Waals surface area contributed by atoms with Gasteiger partial charge < -0.3 is 4.74 Å². The number of halogens is 33. The molecule has 0 aromatic rings. The van der Waals surface area contributed by atoms with Crippen LogP contribution in [-0.4, -0.2) is 101 Å². The molecule has 0 aliphatic rings. The normalized spacial score (nSPS) is 17.6. The Morgan fingerprint density at radius 2 is 0.491 bits per heavy atom. The summed E-state index contributed by atoms with van der Waals surface area (Å²) in [5.74, 6) is -123. The Bertz CT molecular complexity index is 1460. The van der Waals surface area contributed by atoms with Crippen LogP contribution in [0, 0.1) is 0 Å². The Kier molecular flexibility index (Phi) is 12.0. The molecule has 0 rings (SSSR count). The number of carbonyl (C=O) groups is 1. The summed E-state index contributed by atoms with van der Waals surface area (Å²) >= 11 is 0. The standard InChI is InChI=1S/C20H5F33O2/c1-3(2)4(54)55-20(52,53)5(21,7(24,25)9(28,29)11(32,33)14(38,39)16(42,43)18(46,47)48)6(22,23)8(26,27)10(30,31)12(34,35)13(36,37)15(40,41)17(44,45)19(49,50)51/h1H2,2H3. The summed E-state index contributed by atoms with van der Waals surface area (Å²) in [5.41, 5.74) is -12.7. The van der Waals surface area contributed by atoms with Crippen molar-refractivity contribution in [3.63, 3.8) is 0 Å². The van der Waals surface area contributed by atoms with Gasteiger partial charge in [0.2, 0.25) is 0 Å². The number of alkyl halides is 33. The van der Waals surface area contributed by atoms with Gasteiger partial charge in [-0.25, -0.2) is 9.18 Å². The van der Waals surface area contributed by atoms with Gasteiger partial charge in [-0.15, -0.1) is 0 Å². The van der Waals surface area contributed by atoms with Crippen molar-refractivity contribution in [3.8, 4) is 0 Å². The van der Waals surface area contributed by atoms with Gasteiger partial charge in [-0.2, -0.15) is 140 Å². The molecule has 2 nitrogen and oxygen atoms in total. The van der Waals surface area contributed by atoms with Gasteiger partial charge in [0, 0.05) is 5.57 Å². The van der Waals surface area contributed by atoms with E-state index in [1.165, 1.54) is 0 Å². The summed E-state index contributed by atoms with van der Waals surface area (Å²) in [5, 5.41) is 0. The second-order valence-electron chi connectivity index (χ2n) is 10.2. The Morgan fingerprint density at radius 3 is 0.655 bits per heavy atom. The number of carbonyl (C=O) groups excluding carboxylic acids is 1. The zero-order chi connectivity index (χ0) is 45.9. The van der Waals surface area contributed by atoms with E-state index in [0.29, 0.717) is 0 Å². The molecule has 0 heterocycles. The van der Waals surface area contributed by atoms with E-state index in [2.05, 4.69) is 0 Å². The van der Waals surface area contributed by atoms with Crippen LogP contribution < -0.4 is 0 Å². The zero-order valence-corrected chi connectivity index (χ0v) is 24.0. The molecule has 328 valence electrons. The molecule has 0 aliphatic carbocycles. The number of rotatable bonds is 15. The predicted octanol–water partition coefficient (Wildman–Crippen LogP) is 11.2. The Labute approximate surface area is 276 Å². The summed E-state index contributed by atoms with van der Waals surface area (Å²) in [6.45, 7) is 1.72. The molecule has 1 atom stereocenters. The monoisotopic (exact) mass is 904 g/mol. The Balaban J connectivity index is 8.68. The van der Waals surface area contributed by atoms with Crippen molar-refractivity contribution >= 4 is 5.97 Å². The molecule has 0 saturated heterocycles. The van der Waals surface area contributed by atoms with Gasteiger partial charge in [-0.05, 0) is 6.92 Å². The van der Waals surface area contributed by atoms with Crippen LogP contribution in [0.2, 0.25) is 0 Å². The first kappa shape index (κ1) is 51.9. The van der Waals surface area contributed by atoms with Gasteiger partial charge in [0.1, 0.15) is 0 Å². The summed E-state index contributed by atoms with van der Waals surface area (Å²) < 4.78 is 452. The van der Waals surface area contributed by atoms with E-state index in [4.69, 9.17) is 0 Å². The smallest absolute Gasteiger partial charge is 0.395 e. The molecule has 0 aromatic carbocycles. The average molecular weight is 904 g/mol. The third-order valence-electron chi connectivity index (χ3n) is 6.49. The van der Waals surface area contributed by atoms with Crippen LogP contribution in [0.5, 0.6) is 0 Å². The van der Waals surface area contributed by atoms with Crippen molar-refractivity contribution in [3.05, 3.63) is 12.2 Å². The number of esters is 1. The lowest BCUT2D eigenvalue weighted by Gasteiger charge is -2.50. The number of hydrogen-bond acceptors (Lipinski definition) is 2.